The van der Waals surface area contributed by atoms with Crippen molar-refractivity contribution in [1.82, 2.24) is 14.5 Å². The molecule has 0 atom stereocenters. The van der Waals surface area contributed by atoms with Crippen molar-refractivity contribution < 1.29 is 0 Å². The van der Waals surface area contributed by atoms with Gasteiger partial charge in [0.1, 0.15) is 8.07 Å². The molecule has 6 heteroatoms. The lowest BCUT2D eigenvalue weighted by atomic mass is 10.2. The summed E-state index contributed by atoms with van der Waals surface area (Å²) in [6, 6.07) is 11.3. The van der Waals surface area contributed by atoms with Gasteiger partial charge in [-0.2, -0.15) is 0 Å². The summed E-state index contributed by atoms with van der Waals surface area (Å²) < 4.78 is 1.65. The van der Waals surface area contributed by atoms with Crippen LogP contribution in [0.25, 0.3) is 16.7 Å². The Bertz CT molecular complexity index is 1170. The fourth-order valence-electron chi connectivity index (χ4n) is 4.72. The summed E-state index contributed by atoms with van der Waals surface area (Å²) in [6.45, 7) is 13.8. The van der Waals surface area contributed by atoms with Crippen LogP contribution in [-0.2, 0) is 0 Å². The lowest BCUT2D eigenvalue weighted by Crippen LogP contribution is -2.43. The monoisotopic (exact) mass is 449 g/mol. The second-order valence-electron chi connectivity index (χ2n) is 8.81. The second-order valence-corrected chi connectivity index (χ2v) is 15.2. The van der Waals surface area contributed by atoms with Gasteiger partial charge in [-0.1, -0.05) is 77.4 Å². The molecule has 3 rings (SSSR count). The smallest absolute Gasteiger partial charge is 0.258 e. The zero-order valence-corrected chi connectivity index (χ0v) is 21.2. The number of hydrogen-bond acceptors (Lipinski definition) is 4. The quantitative estimate of drug-likeness (QED) is 0.205. The van der Waals surface area contributed by atoms with Crippen molar-refractivity contribution in [3.8, 4) is 17.2 Å². The molecule has 3 aromatic rings. The minimum absolute atomic E-state index is 0.125. The lowest BCUT2D eigenvalue weighted by molar-refractivity contribution is 0.838. The molecule has 4 nitrogen and oxygen atoms in total. The highest BCUT2D eigenvalue weighted by molar-refractivity contribution is 7.98. The topological polar surface area (TPSA) is 47.8 Å². The van der Waals surface area contributed by atoms with E-state index in [0.29, 0.717) is 27.4 Å². The molecule has 0 aliphatic heterocycles. The maximum atomic E-state index is 13.2. The summed E-state index contributed by atoms with van der Waals surface area (Å²) in [4.78, 5) is 22.4. The van der Waals surface area contributed by atoms with E-state index < -0.39 is 8.07 Å². The molecule has 0 bridgehead atoms. The van der Waals surface area contributed by atoms with Crippen molar-refractivity contribution >= 4 is 30.9 Å². The predicted molar refractivity (Wildman–Crippen MR) is 135 cm³/mol. The van der Waals surface area contributed by atoms with Gasteiger partial charge in [0.25, 0.3) is 5.56 Å². The number of thioether (sulfide) groups is 1. The largest absolute Gasteiger partial charge is 0.269 e. The van der Waals surface area contributed by atoms with Crippen molar-refractivity contribution in [2.75, 3.05) is 6.26 Å². The van der Waals surface area contributed by atoms with Crippen molar-refractivity contribution in [3.63, 3.8) is 0 Å². The standard InChI is InChI=1S/C25H31N3OSSi/c1-17(2)31(18(3)4,19(5)6)14-13-20-15-23(29)28(21-11-9-8-10-12-21)24-22(20)16-26-25(27-24)30-7/h8-12,15-19H,1-7H3. The first-order valence-corrected chi connectivity index (χ1v) is 14.2. The van der Waals surface area contributed by atoms with Crippen LogP contribution in [0.15, 0.2) is 52.5 Å². The van der Waals surface area contributed by atoms with Crippen LogP contribution in [0.2, 0.25) is 16.6 Å². The average Bonchev–Trinajstić information content (AvgIpc) is 2.73. The third-order valence-electron chi connectivity index (χ3n) is 6.21. The molecule has 0 saturated heterocycles. The summed E-state index contributed by atoms with van der Waals surface area (Å²) in [7, 11) is -1.93. The third-order valence-corrected chi connectivity index (χ3v) is 13.1. The molecule has 0 saturated carbocycles. The predicted octanol–water partition coefficient (Wildman–Crippen LogP) is 6.07. The van der Waals surface area contributed by atoms with Gasteiger partial charge in [-0.05, 0) is 35.0 Å². The maximum Gasteiger partial charge on any atom is 0.258 e. The zero-order chi connectivity index (χ0) is 22.8. The van der Waals surface area contributed by atoms with Gasteiger partial charge in [-0.25, -0.2) is 9.97 Å². The van der Waals surface area contributed by atoms with Gasteiger partial charge in [0, 0.05) is 17.8 Å². The van der Waals surface area contributed by atoms with E-state index in [9.17, 15) is 4.79 Å². The fourth-order valence-corrected chi connectivity index (χ4v) is 10.3. The molecule has 0 amide bonds. The Morgan fingerprint density at radius 3 is 2.16 bits per heavy atom. The number of rotatable bonds is 5. The Morgan fingerprint density at radius 2 is 1.61 bits per heavy atom. The van der Waals surface area contributed by atoms with Crippen LogP contribution in [0.5, 0.6) is 0 Å². The Labute approximate surface area is 190 Å². The number of fused-ring (bicyclic) bond motifs is 1. The van der Waals surface area contributed by atoms with Crippen LogP contribution in [0.1, 0.15) is 47.1 Å². The number of nitrogens with zero attached hydrogens (tertiary/aromatic N) is 3. The molecule has 2 aromatic heterocycles. The third kappa shape index (κ3) is 4.35. The second kappa shape index (κ2) is 9.42. The van der Waals surface area contributed by atoms with Crippen molar-refractivity contribution in [2.24, 2.45) is 0 Å². The first kappa shape index (κ1) is 23.3. The summed E-state index contributed by atoms with van der Waals surface area (Å²) in [6.07, 6.45) is 3.74. The van der Waals surface area contributed by atoms with Gasteiger partial charge in [0.15, 0.2) is 10.8 Å². The van der Waals surface area contributed by atoms with E-state index >= 15 is 0 Å². The maximum absolute atomic E-state index is 13.2. The Balaban J connectivity index is 2.32. The number of aromatic nitrogens is 3. The van der Waals surface area contributed by atoms with Gasteiger partial charge in [-0.3, -0.25) is 9.36 Å². The fraction of sp³-hybridized carbons (Fsp3) is 0.400. The molecule has 0 unspecified atom stereocenters. The van der Waals surface area contributed by atoms with Crippen molar-refractivity contribution in [1.29, 1.82) is 0 Å². The SMILES string of the molecule is CSc1ncc2c(C#C[Si](C(C)C)(C(C)C)C(C)C)cc(=O)n(-c3ccccc3)c2n1. The molecule has 0 aliphatic rings. The van der Waals surface area contributed by atoms with Crippen LogP contribution in [0.3, 0.4) is 0 Å². The highest BCUT2D eigenvalue weighted by Crippen LogP contribution is 2.40. The summed E-state index contributed by atoms with van der Waals surface area (Å²) in [5.41, 5.74) is 7.30. The molecule has 0 aliphatic carbocycles. The van der Waals surface area contributed by atoms with Gasteiger partial charge in [0.05, 0.1) is 11.1 Å². The minimum Gasteiger partial charge on any atom is -0.269 e. The van der Waals surface area contributed by atoms with E-state index in [0.717, 1.165) is 16.6 Å². The highest BCUT2D eigenvalue weighted by atomic mass is 32.2. The minimum atomic E-state index is -1.93. The van der Waals surface area contributed by atoms with Crippen LogP contribution in [-0.4, -0.2) is 28.9 Å². The molecular formula is C25H31N3OSSi. The Morgan fingerprint density at radius 1 is 1.00 bits per heavy atom. The molecular weight excluding hydrogens is 418 g/mol. The van der Waals surface area contributed by atoms with Crippen LogP contribution < -0.4 is 5.56 Å². The first-order valence-electron chi connectivity index (χ1n) is 10.8. The van der Waals surface area contributed by atoms with Gasteiger partial charge >= 0.3 is 0 Å². The van der Waals surface area contributed by atoms with E-state index in [-0.39, 0.29) is 5.56 Å². The zero-order valence-electron chi connectivity index (χ0n) is 19.4. The molecule has 2 heterocycles. The van der Waals surface area contributed by atoms with E-state index in [2.05, 4.69) is 58.0 Å². The van der Waals surface area contributed by atoms with Crippen molar-refractivity contribution in [2.45, 2.75) is 63.3 Å². The molecule has 31 heavy (non-hydrogen) atoms. The van der Waals surface area contributed by atoms with E-state index in [1.165, 1.54) is 11.8 Å². The Hall–Kier alpha value is -2.36. The molecule has 0 spiro atoms. The van der Waals surface area contributed by atoms with Crippen LogP contribution >= 0.6 is 11.8 Å². The molecule has 1 aromatic carbocycles. The average molecular weight is 450 g/mol. The van der Waals surface area contributed by atoms with Gasteiger partial charge in [0.2, 0.25) is 0 Å². The lowest BCUT2D eigenvalue weighted by Gasteiger charge is -2.38. The van der Waals surface area contributed by atoms with E-state index in [1.807, 2.05) is 36.6 Å². The number of hydrogen-bond donors (Lipinski definition) is 0. The number of pyridine rings is 1. The highest BCUT2D eigenvalue weighted by Gasteiger charge is 2.41. The summed E-state index contributed by atoms with van der Waals surface area (Å²) >= 11 is 1.46. The van der Waals surface area contributed by atoms with Crippen LogP contribution in [0, 0.1) is 11.5 Å². The molecule has 0 radical (unpaired) electrons. The number of benzene rings is 1. The molecule has 162 valence electrons. The summed E-state index contributed by atoms with van der Waals surface area (Å²) in [5, 5.41) is 1.45. The van der Waals surface area contributed by atoms with Gasteiger partial charge < -0.3 is 0 Å². The summed E-state index contributed by atoms with van der Waals surface area (Å²) in [5.74, 6) is 3.44. The van der Waals surface area contributed by atoms with E-state index in [4.69, 9.17) is 4.98 Å². The van der Waals surface area contributed by atoms with Crippen molar-refractivity contribution in [3.05, 3.63) is 58.5 Å². The Kier molecular flexibility index (Phi) is 7.08. The molecule has 0 N–H and O–H groups in total. The molecule has 0 fully saturated rings. The first-order chi connectivity index (χ1) is 14.7. The number of para-hydroxylation sites is 1. The van der Waals surface area contributed by atoms with Crippen LogP contribution in [0.4, 0.5) is 0 Å². The normalized spacial score (nSPS) is 11.9. The van der Waals surface area contributed by atoms with Gasteiger partial charge in [-0.15, -0.1) is 5.54 Å². The van der Waals surface area contributed by atoms with E-state index in [1.54, 1.807) is 16.8 Å².